The van der Waals surface area contributed by atoms with E-state index in [4.69, 9.17) is 12.2 Å². The van der Waals surface area contributed by atoms with Gasteiger partial charge in [0, 0.05) is 31.2 Å². The van der Waals surface area contributed by atoms with Gasteiger partial charge in [-0.05, 0) is 37.2 Å². The maximum Gasteiger partial charge on any atom is 0.408 e. The summed E-state index contributed by atoms with van der Waals surface area (Å²) in [4.78, 5) is 51.1. The zero-order valence-electron chi connectivity index (χ0n) is 25.3. The number of esters is 1. The first-order valence-electron chi connectivity index (χ1n) is 14.6. The molecule has 0 radical (unpaired) electrons. The van der Waals surface area contributed by atoms with E-state index >= 15 is 0 Å². The molecular formula is C28H42N2O9S. The molecule has 0 bridgehead atoms. The molecule has 11 nitrogen and oxygen atoms in total. The molecule has 1 saturated heterocycles. The van der Waals surface area contributed by atoms with Crippen LogP contribution in [-0.2, 0) is 40.5 Å². The number of ether oxygens (including phenoxy) is 2. The molecule has 1 aromatic carbocycles. The van der Waals surface area contributed by atoms with Crippen LogP contribution in [0.5, 0.6) is 0 Å². The van der Waals surface area contributed by atoms with Gasteiger partial charge in [0.1, 0.15) is 6.56 Å². The summed E-state index contributed by atoms with van der Waals surface area (Å²) in [6.45, 7) is 3.35. The lowest BCUT2D eigenvalue weighted by Gasteiger charge is -2.28. The van der Waals surface area contributed by atoms with Crippen molar-refractivity contribution in [1.29, 1.82) is 0 Å². The van der Waals surface area contributed by atoms with Gasteiger partial charge in [-0.25, -0.2) is 4.79 Å². The van der Waals surface area contributed by atoms with E-state index in [0.717, 1.165) is 6.42 Å². The highest BCUT2D eigenvalue weighted by atomic mass is 32.2. The molecule has 12 heteroatoms. The first-order valence-corrected chi connectivity index (χ1v) is 15.2. The van der Waals surface area contributed by atoms with Crippen molar-refractivity contribution in [3.05, 3.63) is 35.9 Å². The molecule has 40 heavy (non-hydrogen) atoms. The van der Waals surface area contributed by atoms with Crippen LogP contribution in [0.15, 0.2) is 30.3 Å². The Bertz CT molecular complexity index is 1180. The fraction of sp³-hybridized carbons (Fsp3) is 0.643. The minimum atomic E-state index is -5.01. The normalized spacial score (nSPS) is 18.6. The number of benzene rings is 1. The van der Waals surface area contributed by atoms with Crippen LogP contribution in [0.4, 0.5) is 4.79 Å². The molecule has 1 aromatic rings. The summed E-state index contributed by atoms with van der Waals surface area (Å²) in [5, 5.41) is 5.02. The molecule has 2 amide bonds. The molecule has 1 aliphatic rings. The number of amides is 2. The Morgan fingerprint density at radius 3 is 2.48 bits per heavy atom. The largest absolute Gasteiger partial charge is 0.445 e. The quantitative estimate of drug-likeness (QED) is 0.140. The second kappa shape index (κ2) is 16.3. The van der Waals surface area contributed by atoms with Crippen LogP contribution in [0.2, 0.25) is 0 Å². The highest BCUT2D eigenvalue weighted by Crippen LogP contribution is 2.30. The number of rotatable bonds is 17. The second-order valence-corrected chi connectivity index (χ2v) is 12.0. The molecule has 2 rings (SSSR count). The van der Waals surface area contributed by atoms with Gasteiger partial charge in [0.25, 0.3) is 0 Å². The van der Waals surface area contributed by atoms with E-state index in [9.17, 15) is 32.1 Å². The van der Waals surface area contributed by atoms with Crippen LogP contribution in [-0.4, -0.2) is 54.7 Å². The molecule has 1 aliphatic heterocycles. The summed E-state index contributed by atoms with van der Waals surface area (Å²) in [5.74, 6) is -3.95. The van der Waals surface area contributed by atoms with Gasteiger partial charge in [-0.1, -0.05) is 63.9 Å². The first-order chi connectivity index (χ1) is 19.6. The van der Waals surface area contributed by atoms with E-state index in [0.29, 0.717) is 25.8 Å². The SMILES string of the molecule is [2H]C([2H])(OC(=O)N[C@@H](CC(C)C)C(=O)C[C@@H](C[C@@H]1CCNC1=O)C(OC(=O)CCCCC)S(=O)(=O)O)c1ccccc1. The van der Waals surface area contributed by atoms with Gasteiger partial charge in [0.2, 0.25) is 11.3 Å². The zero-order chi connectivity index (χ0) is 31.5. The molecule has 0 aliphatic carbocycles. The van der Waals surface area contributed by atoms with Crippen molar-refractivity contribution in [3.8, 4) is 0 Å². The Labute approximate surface area is 239 Å². The number of ketones is 1. The maximum atomic E-state index is 13.6. The Hall–Kier alpha value is -2.99. The molecule has 0 spiro atoms. The Balaban J connectivity index is 2.28. The summed E-state index contributed by atoms with van der Waals surface area (Å²) >= 11 is 0. The molecule has 224 valence electrons. The summed E-state index contributed by atoms with van der Waals surface area (Å²) < 4.78 is 61.3. The van der Waals surface area contributed by atoms with E-state index in [1.165, 1.54) is 12.1 Å². The number of alkyl carbamates (subject to hydrolysis) is 1. The average Bonchev–Trinajstić information content (AvgIpc) is 3.30. The van der Waals surface area contributed by atoms with Crippen LogP contribution < -0.4 is 10.6 Å². The number of hydrogen-bond acceptors (Lipinski definition) is 8. The molecule has 1 fully saturated rings. The summed E-state index contributed by atoms with van der Waals surface area (Å²) in [7, 11) is -5.01. The van der Waals surface area contributed by atoms with Gasteiger partial charge in [-0.2, -0.15) is 8.42 Å². The van der Waals surface area contributed by atoms with Crippen molar-refractivity contribution >= 4 is 33.9 Å². The van der Waals surface area contributed by atoms with Crippen LogP contribution in [0, 0.1) is 17.8 Å². The number of hydrogen-bond donors (Lipinski definition) is 3. The van der Waals surface area contributed by atoms with Gasteiger partial charge in [0.15, 0.2) is 5.78 Å². The lowest BCUT2D eigenvalue weighted by molar-refractivity contribution is -0.149. The third kappa shape index (κ3) is 11.6. The highest BCUT2D eigenvalue weighted by molar-refractivity contribution is 7.86. The van der Waals surface area contributed by atoms with E-state index < -0.39 is 64.3 Å². The molecule has 1 heterocycles. The van der Waals surface area contributed by atoms with Gasteiger partial charge in [-0.3, -0.25) is 18.9 Å². The predicted molar refractivity (Wildman–Crippen MR) is 147 cm³/mol. The van der Waals surface area contributed by atoms with Crippen molar-refractivity contribution in [3.63, 3.8) is 0 Å². The van der Waals surface area contributed by atoms with E-state index in [-0.39, 0.29) is 36.7 Å². The molecule has 3 N–H and O–H groups in total. The van der Waals surface area contributed by atoms with Crippen molar-refractivity contribution in [2.75, 3.05) is 6.54 Å². The average molecular weight is 585 g/mol. The molecular weight excluding hydrogens is 540 g/mol. The standard InChI is InChI=1S/C28H42N2O9S/c1-4-5-7-12-25(32)39-27(40(35,36)37)22(16-21-13-14-29-26(21)33)17-24(31)23(15-19(2)3)30-28(34)38-18-20-10-8-6-9-11-20/h6,8-11,19,21-23,27H,4-5,7,12-18H2,1-3H3,(H,29,33)(H,30,34)(H,35,36,37)/t21-,22+,23-,27?/m0/s1/i18D2. The van der Waals surface area contributed by atoms with E-state index in [1.54, 1.807) is 32.0 Å². The van der Waals surface area contributed by atoms with Crippen LogP contribution in [0.1, 0.15) is 80.4 Å². The number of Topliss-reactive ketones (excluding diaryl/α,β-unsaturated/α-hetero) is 1. The zero-order valence-corrected chi connectivity index (χ0v) is 24.1. The lowest BCUT2D eigenvalue weighted by atomic mass is 9.87. The van der Waals surface area contributed by atoms with E-state index in [1.807, 2.05) is 6.92 Å². The molecule has 4 atom stereocenters. The Morgan fingerprint density at radius 2 is 1.90 bits per heavy atom. The predicted octanol–water partition coefficient (Wildman–Crippen LogP) is 3.77. The van der Waals surface area contributed by atoms with Gasteiger partial charge in [0.05, 0.1) is 8.78 Å². The minimum Gasteiger partial charge on any atom is -0.445 e. The number of nitrogens with one attached hydrogen (secondary N) is 2. The van der Waals surface area contributed by atoms with Crippen LogP contribution >= 0.6 is 0 Å². The third-order valence-electron chi connectivity index (χ3n) is 6.55. The lowest BCUT2D eigenvalue weighted by Crippen LogP contribution is -2.45. The number of carbonyl (C=O) groups excluding carboxylic acids is 4. The Morgan fingerprint density at radius 1 is 1.20 bits per heavy atom. The summed E-state index contributed by atoms with van der Waals surface area (Å²) in [6, 6.07) is 6.48. The van der Waals surface area contributed by atoms with Gasteiger partial charge in [-0.15, -0.1) is 0 Å². The number of carbonyl (C=O) groups is 4. The number of unbranched alkanes of at least 4 members (excludes halogenated alkanes) is 2. The van der Waals surface area contributed by atoms with Crippen LogP contribution in [0.25, 0.3) is 0 Å². The topological polar surface area (TPSA) is 165 Å². The second-order valence-electron chi connectivity index (χ2n) is 10.5. The summed E-state index contributed by atoms with van der Waals surface area (Å²) in [6.07, 6.45) is 0.410. The van der Waals surface area contributed by atoms with Crippen molar-refractivity contribution in [1.82, 2.24) is 10.6 Å². The molecule has 0 aromatic heterocycles. The van der Waals surface area contributed by atoms with E-state index in [2.05, 4.69) is 10.6 Å². The Kier molecular flexibility index (Phi) is 12.2. The maximum absolute atomic E-state index is 13.6. The van der Waals surface area contributed by atoms with Crippen molar-refractivity contribution < 1.29 is 44.4 Å². The smallest absolute Gasteiger partial charge is 0.408 e. The van der Waals surface area contributed by atoms with Crippen LogP contribution in [0.3, 0.4) is 0 Å². The minimum absolute atomic E-state index is 0.0820. The molecule has 0 saturated carbocycles. The fourth-order valence-electron chi connectivity index (χ4n) is 4.56. The van der Waals surface area contributed by atoms with Gasteiger partial charge >= 0.3 is 22.2 Å². The van der Waals surface area contributed by atoms with Crippen molar-refractivity contribution in [2.24, 2.45) is 17.8 Å². The molecule has 1 unspecified atom stereocenters. The highest BCUT2D eigenvalue weighted by Gasteiger charge is 2.41. The summed E-state index contributed by atoms with van der Waals surface area (Å²) in [5.41, 5.74) is -2.01. The van der Waals surface area contributed by atoms with Gasteiger partial charge < -0.3 is 20.1 Å². The van der Waals surface area contributed by atoms with Crippen molar-refractivity contribution in [2.45, 2.75) is 90.2 Å². The third-order valence-corrected chi connectivity index (χ3v) is 7.62. The first kappa shape index (κ1) is 30.0. The monoisotopic (exact) mass is 584 g/mol. The fourth-order valence-corrected chi connectivity index (χ4v) is 5.48.